The molecule has 22 heavy (non-hydrogen) atoms. The molecule has 1 saturated heterocycles. The summed E-state index contributed by atoms with van der Waals surface area (Å²) in [6.45, 7) is 9.49. The molecule has 2 heterocycles. The van der Waals surface area contributed by atoms with Gasteiger partial charge in [-0.15, -0.1) is 0 Å². The Hall–Kier alpha value is -1.84. The molecule has 0 saturated carbocycles. The van der Waals surface area contributed by atoms with Crippen LogP contribution in [0, 0.1) is 24.2 Å². The second-order valence-corrected chi connectivity index (χ2v) is 6.11. The van der Waals surface area contributed by atoms with Gasteiger partial charge in [-0.3, -0.25) is 14.3 Å². The van der Waals surface area contributed by atoms with Crippen molar-refractivity contribution in [2.24, 2.45) is 5.92 Å². The van der Waals surface area contributed by atoms with Gasteiger partial charge >= 0.3 is 0 Å². The van der Waals surface area contributed by atoms with Crippen molar-refractivity contribution in [2.45, 2.75) is 33.9 Å². The first kappa shape index (κ1) is 16.5. The molecule has 6 heteroatoms. The lowest BCUT2D eigenvalue weighted by atomic mass is 10.0. The number of rotatable bonds is 4. The molecule has 1 aromatic rings. The van der Waals surface area contributed by atoms with E-state index in [9.17, 15) is 15.2 Å². The number of aromatic hydroxyl groups is 1. The first-order chi connectivity index (χ1) is 10.5. The maximum absolute atomic E-state index is 12.4. The maximum Gasteiger partial charge on any atom is 0.271 e. The molecule has 0 bridgehead atoms. The molecule has 1 fully saturated rings. The molecule has 1 aromatic heterocycles. The third-order valence-electron chi connectivity index (χ3n) is 3.96. The summed E-state index contributed by atoms with van der Waals surface area (Å²) in [6.07, 6.45) is 0. The molecule has 6 nitrogen and oxygen atoms in total. The van der Waals surface area contributed by atoms with E-state index in [0.717, 1.165) is 13.1 Å². The number of hydrogen-bond donors (Lipinski definition) is 1. The van der Waals surface area contributed by atoms with E-state index in [1.165, 1.54) is 4.57 Å². The van der Waals surface area contributed by atoms with Gasteiger partial charge < -0.3 is 9.84 Å². The summed E-state index contributed by atoms with van der Waals surface area (Å²) in [7, 11) is 0. The van der Waals surface area contributed by atoms with Crippen LogP contribution in [0.15, 0.2) is 4.79 Å². The number of ether oxygens (including phenoxy) is 1. The standard InChI is InChI=1S/C16H23N3O3/c1-11(2)9-19-15(20)13(8-17)12(3)14(16(19)21)10-18-4-6-22-7-5-18/h11,21H,4-7,9-10H2,1-3H3. The minimum absolute atomic E-state index is 0.0123. The summed E-state index contributed by atoms with van der Waals surface area (Å²) in [6, 6.07) is 1.99. The summed E-state index contributed by atoms with van der Waals surface area (Å²) < 4.78 is 6.65. The minimum Gasteiger partial charge on any atom is -0.494 e. The molecule has 0 amide bonds. The molecule has 0 unspecified atom stereocenters. The first-order valence-electron chi connectivity index (χ1n) is 7.61. The van der Waals surface area contributed by atoms with Gasteiger partial charge in [0.2, 0.25) is 0 Å². The number of morpholine rings is 1. The Labute approximate surface area is 130 Å². The summed E-state index contributed by atoms with van der Waals surface area (Å²) >= 11 is 0. The molecule has 0 aromatic carbocycles. The largest absolute Gasteiger partial charge is 0.494 e. The molecule has 0 aliphatic carbocycles. The van der Waals surface area contributed by atoms with Crippen LogP contribution in [0.3, 0.4) is 0 Å². The van der Waals surface area contributed by atoms with Gasteiger partial charge in [-0.05, 0) is 18.4 Å². The topological polar surface area (TPSA) is 78.5 Å². The van der Waals surface area contributed by atoms with Gasteiger partial charge in [0.15, 0.2) is 5.88 Å². The predicted octanol–water partition coefficient (Wildman–Crippen LogP) is 1.22. The molecule has 0 radical (unpaired) electrons. The van der Waals surface area contributed by atoms with Gasteiger partial charge in [-0.2, -0.15) is 5.26 Å². The highest BCUT2D eigenvalue weighted by Gasteiger charge is 2.22. The van der Waals surface area contributed by atoms with Crippen molar-refractivity contribution in [1.82, 2.24) is 9.47 Å². The van der Waals surface area contributed by atoms with Crippen LogP contribution in [-0.4, -0.2) is 40.9 Å². The number of aromatic nitrogens is 1. The van der Waals surface area contributed by atoms with Crippen molar-refractivity contribution in [3.63, 3.8) is 0 Å². The van der Waals surface area contributed by atoms with E-state index in [0.29, 0.717) is 37.4 Å². The lowest BCUT2D eigenvalue weighted by Gasteiger charge is -2.28. The van der Waals surface area contributed by atoms with Crippen molar-refractivity contribution in [1.29, 1.82) is 5.26 Å². The highest BCUT2D eigenvalue weighted by Crippen LogP contribution is 2.24. The van der Waals surface area contributed by atoms with E-state index in [4.69, 9.17) is 4.74 Å². The van der Waals surface area contributed by atoms with E-state index in [-0.39, 0.29) is 17.4 Å². The molecule has 2 rings (SSSR count). The van der Waals surface area contributed by atoms with E-state index in [2.05, 4.69) is 4.90 Å². The normalized spacial score (nSPS) is 16.0. The SMILES string of the molecule is Cc1c(CN2CCOCC2)c(O)n(CC(C)C)c(=O)c1C#N. The second kappa shape index (κ2) is 6.95. The number of pyridine rings is 1. The van der Waals surface area contributed by atoms with E-state index >= 15 is 0 Å². The molecular weight excluding hydrogens is 282 g/mol. The Balaban J connectivity index is 2.47. The number of nitrogens with zero attached hydrogens (tertiary/aromatic N) is 3. The van der Waals surface area contributed by atoms with Crippen LogP contribution in [-0.2, 0) is 17.8 Å². The fraction of sp³-hybridized carbons (Fsp3) is 0.625. The summed E-state index contributed by atoms with van der Waals surface area (Å²) in [5, 5.41) is 19.8. The minimum atomic E-state index is -0.406. The molecule has 0 spiro atoms. The van der Waals surface area contributed by atoms with Crippen LogP contribution >= 0.6 is 0 Å². The highest BCUT2D eigenvalue weighted by molar-refractivity contribution is 5.45. The number of hydrogen-bond acceptors (Lipinski definition) is 5. The molecule has 120 valence electrons. The molecule has 0 atom stereocenters. The van der Waals surface area contributed by atoms with Crippen LogP contribution in [0.25, 0.3) is 0 Å². The maximum atomic E-state index is 12.4. The van der Waals surface area contributed by atoms with Gasteiger partial charge in [0, 0.05) is 31.7 Å². The zero-order chi connectivity index (χ0) is 16.3. The van der Waals surface area contributed by atoms with Crippen LogP contribution in [0.1, 0.15) is 30.5 Å². The molecule has 1 N–H and O–H groups in total. The summed E-state index contributed by atoms with van der Waals surface area (Å²) in [5.41, 5.74) is 0.967. The Morgan fingerprint density at radius 2 is 2.00 bits per heavy atom. The Kier molecular flexibility index (Phi) is 5.22. The van der Waals surface area contributed by atoms with Crippen molar-refractivity contribution in [2.75, 3.05) is 26.3 Å². The molecular formula is C16H23N3O3. The first-order valence-corrected chi connectivity index (χ1v) is 7.61. The van der Waals surface area contributed by atoms with Gasteiger partial charge in [0.05, 0.1) is 13.2 Å². The summed E-state index contributed by atoms with van der Waals surface area (Å²) in [5.74, 6) is 0.191. The van der Waals surface area contributed by atoms with Crippen LogP contribution in [0.2, 0.25) is 0 Å². The monoisotopic (exact) mass is 305 g/mol. The molecule has 1 aliphatic heterocycles. The lowest BCUT2D eigenvalue weighted by Crippen LogP contribution is -2.37. The highest BCUT2D eigenvalue weighted by atomic mass is 16.5. The third kappa shape index (κ3) is 3.32. The second-order valence-electron chi connectivity index (χ2n) is 6.11. The van der Waals surface area contributed by atoms with Crippen LogP contribution in [0.5, 0.6) is 5.88 Å². The zero-order valence-corrected chi connectivity index (χ0v) is 13.4. The Morgan fingerprint density at radius 1 is 1.36 bits per heavy atom. The zero-order valence-electron chi connectivity index (χ0n) is 13.4. The average molecular weight is 305 g/mol. The quantitative estimate of drug-likeness (QED) is 0.905. The fourth-order valence-electron chi connectivity index (χ4n) is 2.71. The van der Waals surface area contributed by atoms with Gasteiger partial charge in [-0.25, -0.2) is 0 Å². The van der Waals surface area contributed by atoms with Gasteiger partial charge in [-0.1, -0.05) is 13.8 Å². The third-order valence-corrected chi connectivity index (χ3v) is 3.96. The van der Waals surface area contributed by atoms with E-state index in [1.54, 1.807) is 6.92 Å². The van der Waals surface area contributed by atoms with Crippen molar-refractivity contribution in [3.05, 3.63) is 27.0 Å². The van der Waals surface area contributed by atoms with Crippen LogP contribution < -0.4 is 5.56 Å². The Morgan fingerprint density at radius 3 is 2.55 bits per heavy atom. The van der Waals surface area contributed by atoms with Crippen molar-refractivity contribution in [3.8, 4) is 11.9 Å². The Bertz CT molecular complexity index is 638. The smallest absolute Gasteiger partial charge is 0.271 e. The average Bonchev–Trinajstić information content (AvgIpc) is 2.49. The lowest BCUT2D eigenvalue weighted by molar-refractivity contribution is 0.0336. The summed E-state index contributed by atoms with van der Waals surface area (Å²) in [4.78, 5) is 14.5. The van der Waals surface area contributed by atoms with E-state index < -0.39 is 5.56 Å². The van der Waals surface area contributed by atoms with Crippen molar-refractivity contribution < 1.29 is 9.84 Å². The fourth-order valence-corrected chi connectivity index (χ4v) is 2.71. The van der Waals surface area contributed by atoms with Crippen LogP contribution in [0.4, 0.5) is 0 Å². The van der Waals surface area contributed by atoms with Crippen molar-refractivity contribution >= 4 is 0 Å². The number of nitriles is 1. The predicted molar refractivity (Wildman–Crippen MR) is 82.8 cm³/mol. The van der Waals surface area contributed by atoms with E-state index in [1.807, 2.05) is 19.9 Å². The van der Waals surface area contributed by atoms with Gasteiger partial charge in [0.25, 0.3) is 5.56 Å². The molecule has 1 aliphatic rings. The van der Waals surface area contributed by atoms with Gasteiger partial charge in [0.1, 0.15) is 11.6 Å².